The molecule has 0 spiro atoms. The van der Waals surface area contributed by atoms with Gasteiger partial charge < -0.3 is 5.32 Å². The van der Waals surface area contributed by atoms with Gasteiger partial charge in [0.1, 0.15) is 0 Å². The highest BCUT2D eigenvalue weighted by molar-refractivity contribution is 4.72. The van der Waals surface area contributed by atoms with Gasteiger partial charge in [0.2, 0.25) is 0 Å². The third kappa shape index (κ3) is 5.25. The zero-order chi connectivity index (χ0) is 8.69. The van der Waals surface area contributed by atoms with Crippen LogP contribution in [0.15, 0.2) is 0 Å². The van der Waals surface area contributed by atoms with Crippen LogP contribution in [0.5, 0.6) is 0 Å². The first-order valence-corrected chi connectivity index (χ1v) is 4.93. The van der Waals surface area contributed by atoms with Crippen LogP contribution in [0.25, 0.3) is 0 Å². The summed E-state index contributed by atoms with van der Waals surface area (Å²) >= 11 is 0. The van der Waals surface area contributed by atoms with Gasteiger partial charge in [0.25, 0.3) is 0 Å². The van der Waals surface area contributed by atoms with Crippen molar-refractivity contribution in [2.24, 2.45) is 11.8 Å². The van der Waals surface area contributed by atoms with Crippen LogP contribution < -0.4 is 5.32 Å². The van der Waals surface area contributed by atoms with Crippen LogP contribution in [0, 0.1) is 11.8 Å². The van der Waals surface area contributed by atoms with Crippen LogP contribution in [0.2, 0.25) is 0 Å². The van der Waals surface area contributed by atoms with Crippen molar-refractivity contribution >= 4 is 0 Å². The molecule has 0 amide bonds. The molecule has 1 heteroatoms. The van der Waals surface area contributed by atoms with E-state index in [9.17, 15) is 0 Å². The molecule has 0 radical (unpaired) electrons. The topological polar surface area (TPSA) is 12.0 Å². The van der Waals surface area contributed by atoms with Gasteiger partial charge in [-0.25, -0.2) is 0 Å². The molecule has 1 fully saturated rings. The van der Waals surface area contributed by atoms with Crippen LogP contribution in [0.3, 0.4) is 0 Å². The molecule has 0 unspecified atom stereocenters. The van der Waals surface area contributed by atoms with Gasteiger partial charge in [-0.1, -0.05) is 34.1 Å². The zero-order valence-corrected chi connectivity index (χ0v) is 8.48. The monoisotopic (exact) mass is 157 g/mol. The summed E-state index contributed by atoms with van der Waals surface area (Å²) in [4.78, 5) is 0. The maximum absolute atomic E-state index is 3.35. The molecule has 1 atom stereocenters. The number of nitrogens with one attached hydrogen (secondary N) is 1. The molecule has 0 aromatic rings. The Bertz CT molecular complexity index is 72.9. The quantitative estimate of drug-likeness (QED) is 0.617. The van der Waals surface area contributed by atoms with Crippen LogP contribution in [-0.4, -0.2) is 13.1 Å². The molecule has 1 rings (SSSR count). The number of hydrogen-bond acceptors (Lipinski definition) is 1. The minimum atomic E-state index is 0.880. The fourth-order valence-electron chi connectivity index (χ4n) is 1.25. The van der Waals surface area contributed by atoms with E-state index >= 15 is 0 Å². The second-order valence-corrected chi connectivity index (χ2v) is 3.70. The minimum absolute atomic E-state index is 0.880. The Morgan fingerprint density at radius 1 is 1.36 bits per heavy atom. The molecule has 0 saturated carbocycles. The van der Waals surface area contributed by atoms with Crippen LogP contribution >= 0.6 is 0 Å². The summed E-state index contributed by atoms with van der Waals surface area (Å²) in [6.45, 7) is 11.3. The van der Waals surface area contributed by atoms with Crippen molar-refractivity contribution in [1.82, 2.24) is 5.32 Å². The molecule has 1 aliphatic rings. The average Bonchev–Trinajstić information content (AvgIpc) is 2.38. The largest absolute Gasteiger partial charge is 0.316 e. The summed E-state index contributed by atoms with van der Waals surface area (Å²) in [5.41, 5.74) is 0. The molecule has 1 heterocycles. The second-order valence-electron chi connectivity index (χ2n) is 3.70. The van der Waals surface area contributed by atoms with Crippen molar-refractivity contribution in [2.75, 3.05) is 13.1 Å². The standard InChI is InChI=1S/C7H15N.C3H8/c1-6(2)7-3-4-8-5-7;1-3-2/h6-8H,3-5H2,1-2H3;3H2,1-2H3/t7-;/m1./s1. The summed E-state index contributed by atoms with van der Waals surface area (Å²) in [7, 11) is 0. The fraction of sp³-hybridized carbons (Fsp3) is 1.00. The van der Waals surface area contributed by atoms with Gasteiger partial charge in [0.05, 0.1) is 0 Å². The molecule has 0 aliphatic carbocycles. The first-order valence-electron chi connectivity index (χ1n) is 4.93. The molecule has 0 bridgehead atoms. The molecule has 68 valence electrons. The van der Waals surface area contributed by atoms with E-state index in [1.165, 1.54) is 25.9 Å². The SMILES string of the molecule is CC(C)[C@@H]1CCNC1.CCC. The first kappa shape index (κ1) is 11.0. The van der Waals surface area contributed by atoms with Gasteiger partial charge >= 0.3 is 0 Å². The van der Waals surface area contributed by atoms with E-state index < -0.39 is 0 Å². The van der Waals surface area contributed by atoms with Crippen molar-refractivity contribution in [1.29, 1.82) is 0 Å². The highest BCUT2D eigenvalue weighted by atomic mass is 14.9. The molecular formula is C10H23N. The van der Waals surface area contributed by atoms with Gasteiger partial charge in [-0.3, -0.25) is 0 Å². The molecule has 11 heavy (non-hydrogen) atoms. The highest BCUT2D eigenvalue weighted by Crippen LogP contribution is 2.16. The minimum Gasteiger partial charge on any atom is -0.316 e. The van der Waals surface area contributed by atoms with E-state index in [2.05, 4.69) is 33.0 Å². The van der Waals surface area contributed by atoms with Gasteiger partial charge in [-0.15, -0.1) is 0 Å². The molecule has 1 saturated heterocycles. The third-order valence-electron chi connectivity index (χ3n) is 2.04. The molecular weight excluding hydrogens is 134 g/mol. The van der Waals surface area contributed by atoms with E-state index in [1.54, 1.807) is 0 Å². The van der Waals surface area contributed by atoms with Crippen molar-refractivity contribution < 1.29 is 0 Å². The van der Waals surface area contributed by atoms with Crippen LogP contribution in [0.1, 0.15) is 40.5 Å². The fourth-order valence-corrected chi connectivity index (χ4v) is 1.25. The predicted molar refractivity (Wildman–Crippen MR) is 51.8 cm³/mol. The smallest absolute Gasteiger partial charge is 0.00176 e. The van der Waals surface area contributed by atoms with Crippen molar-refractivity contribution in [3.63, 3.8) is 0 Å². The van der Waals surface area contributed by atoms with Gasteiger partial charge in [0, 0.05) is 0 Å². The normalized spacial score (nSPS) is 23.2. The van der Waals surface area contributed by atoms with Crippen molar-refractivity contribution in [3.8, 4) is 0 Å². The van der Waals surface area contributed by atoms with Crippen molar-refractivity contribution in [2.45, 2.75) is 40.5 Å². The lowest BCUT2D eigenvalue weighted by Gasteiger charge is -2.10. The van der Waals surface area contributed by atoms with Crippen molar-refractivity contribution in [3.05, 3.63) is 0 Å². The van der Waals surface area contributed by atoms with Crippen LogP contribution in [0.4, 0.5) is 0 Å². The van der Waals surface area contributed by atoms with E-state index in [1.807, 2.05) is 0 Å². The second kappa shape index (κ2) is 6.66. The lowest BCUT2D eigenvalue weighted by Crippen LogP contribution is -2.12. The maximum Gasteiger partial charge on any atom is -0.00176 e. The first-order chi connectivity index (χ1) is 5.22. The maximum atomic E-state index is 3.35. The summed E-state index contributed by atoms with van der Waals surface area (Å²) < 4.78 is 0. The number of rotatable bonds is 1. The Labute approximate surface area is 71.6 Å². The van der Waals surface area contributed by atoms with Crippen LogP contribution in [-0.2, 0) is 0 Å². The lowest BCUT2D eigenvalue weighted by molar-refractivity contribution is 0.419. The summed E-state index contributed by atoms with van der Waals surface area (Å²) in [6, 6.07) is 0. The Hall–Kier alpha value is -0.0400. The molecule has 1 N–H and O–H groups in total. The molecule has 1 nitrogen and oxygen atoms in total. The van der Waals surface area contributed by atoms with Gasteiger partial charge in [0.15, 0.2) is 0 Å². The average molecular weight is 157 g/mol. The predicted octanol–water partition coefficient (Wildman–Crippen LogP) is 2.67. The Morgan fingerprint density at radius 3 is 2.09 bits per heavy atom. The van der Waals surface area contributed by atoms with E-state index in [-0.39, 0.29) is 0 Å². The van der Waals surface area contributed by atoms with E-state index in [4.69, 9.17) is 0 Å². The zero-order valence-electron chi connectivity index (χ0n) is 8.48. The molecule has 0 aromatic heterocycles. The summed E-state index contributed by atoms with van der Waals surface area (Å²) in [5.74, 6) is 1.83. The molecule has 0 aromatic carbocycles. The summed E-state index contributed by atoms with van der Waals surface area (Å²) in [5, 5.41) is 3.35. The highest BCUT2D eigenvalue weighted by Gasteiger charge is 2.16. The third-order valence-corrected chi connectivity index (χ3v) is 2.04. The van der Waals surface area contributed by atoms with E-state index in [0.717, 1.165) is 11.8 Å². The Kier molecular flexibility index (Phi) is 6.63. The Balaban J connectivity index is 0.000000292. The summed E-state index contributed by atoms with van der Waals surface area (Å²) in [6.07, 6.45) is 2.64. The lowest BCUT2D eigenvalue weighted by atomic mass is 9.96. The van der Waals surface area contributed by atoms with Gasteiger partial charge in [-0.05, 0) is 31.3 Å². The van der Waals surface area contributed by atoms with E-state index in [0.29, 0.717) is 0 Å². The number of hydrogen-bond donors (Lipinski definition) is 1. The Morgan fingerprint density at radius 2 is 1.91 bits per heavy atom. The van der Waals surface area contributed by atoms with Gasteiger partial charge in [-0.2, -0.15) is 0 Å². The molecule has 1 aliphatic heterocycles.